The third-order valence-electron chi connectivity index (χ3n) is 3.05. The SMILES string of the molecule is Nc1ccn([C@@H]2O[C@H](CO)[C@@H](O)[C@@H]2O)c(=O)n1.c1c[nH]cn1. The molecule has 0 spiro atoms. The molecule has 22 heavy (non-hydrogen) atoms. The number of anilines is 1. The Morgan fingerprint density at radius 1 is 1.41 bits per heavy atom. The van der Waals surface area contributed by atoms with Crippen LogP contribution in [0, 0.1) is 0 Å². The maximum Gasteiger partial charge on any atom is 0.351 e. The quantitative estimate of drug-likeness (QED) is 0.419. The van der Waals surface area contributed by atoms with Crippen molar-refractivity contribution in [1.82, 2.24) is 19.5 Å². The van der Waals surface area contributed by atoms with Gasteiger partial charge in [0.25, 0.3) is 0 Å². The summed E-state index contributed by atoms with van der Waals surface area (Å²) < 4.78 is 6.19. The molecule has 10 nitrogen and oxygen atoms in total. The van der Waals surface area contributed by atoms with Crippen molar-refractivity contribution in [3.63, 3.8) is 0 Å². The molecule has 1 saturated heterocycles. The van der Waals surface area contributed by atoms with E-state index in [1.165, 1.54) is 12.3 Å². The first-order valence-electron chi connectivity index (χ1n) is 6.44. The van der Waals surface area contributed by atoms with Gasteiger partial charge < -0.3 is 30.8 Å². The van der Waals surface area contributed by atoms with Gasteiger partial charge >= 0.3 is 5.69 Å². The van der Waals surface area contributed by atoms with Crippen LogP contribution in [-0.4, -0.2) is 59.8 Å². The van der Waals surface area contributed by atoms with Gasteiger partial charge in [-0.25, -0.2) is 9.78 Å². The van der Waals surface area contributed by atoms with E-state index in [0.29, 0.717) is 0 Å². The van der Waals surface area contributed by atoms with E-state index in [1.807, 2.05) is 0 Å². The Balaban J connectivity index is 0.000000299. The van der Waals surface area contributed by atoms with Crippen molar-refractivity contribution in [3.8, 4) is 0 Å². The molecule has 0 unspecified atom stereocenters. The minimum absolute atomic E-state index is 0.0537. The summed E-state index contributed by atoms with van der Waals surface area (Å²) in [4.78, 5) is 21.4. The summed E-state index contributed by atoms with van der Waals surface area (Å²) in [5.74, 6) is 0.0537. The number of nitrogens with two attached hydrogens (primary N) is 1. The van der Waals surface area contributed by atoms with Crippen LogP contribution in [0.1, 0.15) is 6.23 Å². The average Bonchev–Trinajstić information content (AvgIpc) is 3.14. The second-order valence-corrected chi connectivity index (χ2v) is 4.53. The summed E-state index contributed by atoms with van der Waals surface area (Å²) in [5.41, 5.74) is 4.63. The molecule has 1 fully saturated rings. The molecule has 6 N–H and O–H groups in total. The predicted octanol–water partition coefficient (Wildman–Crippen LogP) is -2.15. The highest BCUT2D eigenvalue weighted by atomic mass is 16.6. The topological polar surface area (TPSA) is 160 Å². The number of rotatable bonds is 2. The van der Waals surface area contributed by atoms with E-state index in [2.05, 4.69) is 15.0 Å². The predicted molar refractivity (Wildman–Crippen MR) is 74.5 cm³/mol. The fourth-order valence-corrected chi connectivity index (χ4v) is 1.94. The standard InChI is InChI=1S/C9H13N3O5.C3H4N2/c10-5-1-2-12(9(16)11-5)8-7(15)6(14)4(3-13)17-8;1-2-5-3-4-1/h1-2,4,6-8,13-15H,3H2,(H2,10,11,16);1-3H,(H,4,5)/t4-,6-,7+,8-;/m1./s1. The van der Waals surface area contributed by atoms with Crippen molar-refractivity contribution in [2.24, 2.45) is 0 Å². The van der Waals surface area contributed by atoms with Crippen LogP contribution in [0.2, 0.25) is 0 Å². The lowest BCUT2D eigenvalue weighted by Gasteiger charge is -2.16. The highest BCUT2D eigenvalue weighted by molar-refractivity contribution is 5.23. The minimum atomic E-state index is -1.31. The monoisotopic (exact) mass is 311 g/mol. The summed E-state index contributed by atoms with van der Waals surface area (Å²) in [6.45, 7) is -0.453. The van der Waals surface area contributed by atoms with Gasteiger partial charge in [0.1, 0.15) is 24.1 Å². The van der Waals surface area contributed by atoms with E-state index in [-0.39, 0.29) is 5.82 Å². The van der Waals surface area contributed by atoms with Gasteiger partial charge in [0.15, 0.2) is 6.23 Å². The largest absolute Gasteiger partial charge is 0.394 e. The minimum Gasteiger partial charge on any atom is -0.394 e. The number of nitrogens with one attached hydrogen (secondary N) is 1. The lowest BCUT2D eigenvalue weighted by atomic mass is 10.1. The molecule has 3 rings (SSSR count). The number of nitrogen functional groups attached to an aromatic ring is 1. The number of aliphatic hydroxyl groups is 3. The smallest absolute Gasteiger partial charge is 0.351 e. The Morgan fingerprint density at radius 3 is 2.64 bits per heavy atom. The first kappa shape index (κ1) is 16.1. The Labute approximate surface area is 124 Å². The molecule has 0 aromatic carbocycles. The van der Waals surface area contributed by atoms with Crippen molar-refractivity contribution >= 4 is 5.82 Å². The lowest BCUT2D eigenvalue weighted by Crippen LogP contribution is -2.36. The van der Waals surface area contributed by atoms with Crippen LogP contribution in [0.15, 0.2) is 35.8 Å². The second kappa shape index (κ2) is 7.13. The molecule has 1 aliphatic heterocycles. The van der Waals surface area contributed by atoms with Gasteiger partial charge in [0.05, 0.1) is 12.9 Å². The normalized spacial score (nSPS) is 27.2. The van der Waals surface area contributed by atoms with Gasteiger partial charge in [0.2, 0.25) is 0 Å². The van der Waals surface area contributed by atoms with Gasteiger partial charge in [-0.3, -0.25) is 4.57 Å². The maximum atomic E-state index is 11.5. The summed E-state index contributed by atoms with van der Waals surface area (Å²) in [7, 11) is 0. The number of ether oxygens (including phenoxy) is 1. The highest BCUT2D eigenvalue weighted by Crippen LogP contribution is 2.27. The molecule has 0 radical (unpaired) electrons. The molecule has 120 valence electrons. The number of hydrogen-bond acceptors (Lipinski definition) is 8. The first-order valence-corrected chi connectivity index (χ1v) is 6.44. The van der Waals surface area contributed by atoms with Crippen molar-refractivity contribution in [2.75, 3.05) is 12.3 Å². The van der Waals surface area contributed by atoms with Crippen molar-refractivity contribution in [1.29, 1.82) is 0 Å². The molecule has 4 atom stereocenters. The van der Waals surface area contributed by atoms with Crippen LogP contribution < -0.4 is 11.4 Å². The number of imidazole rings is 1. The zero-order valence-electron chi connectivity index (χ0n) is 11.5. The Bertz CT molecular complexity index is 614. The van der Waals surface area contributed by atoms with E-state index in [1.54, 1.807) is 18.7 Å². The Morgan fingerprint density at radius 2 is 2.18 bits per heavy atom. The second-order valence-electron chi connectivity index (χ2n) is 4.53. The molecule has 0 saturated carbocycles. The third kappa shape index (κ3) is 3.49. The zero-order valence-corrected chi connectivity index (χ0v) is 11.5. The maximum absolute atomic E-state index is 11.5. The molecular weight excluding hydrogens is 294 g/mol. The van der Waals surface area contributed by atoms with Crippen molar-refractivity contribution in [3.05, 3.63) is 41.5 Å². The van der Waals surface area contributed by atoms with Crippen LogP contribution in [-0.2, 0) is 4.74 Å². The van der Waals surface area contributed by atoms with Gasteiger partial charge in [-0.2, -0.15) is 4.98 Å². The lowest BCUT2D eigenvalue weighted by molar-refractivity contribution is -0.0549. The molecule has 0 amide bonds. The van der Waals surface area contributed by atoms with Gasteiger partial charge in [-0.1, -0.05) is 0 Å². The van der Waals surface area contributed by atoms with Crippen LogP contribution in [0.3, 0.4) is 0 Å². The van der Waals surface area contributed by atoms with Gasteiger partial charge in [-0.05, 0) is 6.07 Å². The Hall–Kier alpha value is -2.27. The summed E-state index contributed by atoms with van der Waals surface area (Å²) >= 11 is 0. The van der Waals surface area contributed by atoms with Crippen LogP contribution in [0.25, 0.3) is 0 Å². The zero-order chi connectivity index (χ0) is 16.1. The summed E-state index contributed by atoms with van der Waals surface area (Å²) in [5, 5.41) is 28.2. The molecule has 2 aromatic rings. The number of hydrogen-bond donors (Lipinski definition) is 5. The van der Waals surface area contributed by atoms with E-state index in [0.717, 1.165) is 4.57 Å². The fraction of sp³-hybridized carbons (Fsp3) is 0.417. The molecule has 0 bridgehead atoms. The molecule has 1 aliphatic rings. The van der Waals surface area contributed by atoms with Crippen LogP contribution in [0.5, 0.6) is 0 Å². The number of H-pyrrole nitrogens is 1. The number of aliphatic hydroxyl groups excluding tert-OH is 3. The van der Waals surface area contributed by atoms with Crippen LogP contribution in [0.4, 0.5) is 5.82 Å². The van der Waals surface area contributed by atoms with E-state index in [4.69, 9.17) is 15.6 Å². The fourth-order valence-electron chi connectivity index (χ4n) is 1.94. The summed E-state index contributed by atoms with van der Waals surface area (Å²) in [6.07, 6.45) is 1.82. The van der Waals surface area contributed by atoms with Crippen molar-refractivity contribution in [2.45, 2.75) is 24.5 Å². The van der Waals surface area contributed by atoms with E-state index in [9.17, 15) is 15.0 Å². The molecule has 2 aromatic heterocycles. The molecule has 3 heterocycles. The van der Waals surface area contributed by atoms with E-state index >= 15 is 0 Å². The first-order chi connectivity index (χ1) is 10.5. The average molecular weight is 311 g/mol. The highest BCUT2D eigenvalue weighted by Gasteiger charge is 2.43. The van der Waals surface area contributed by atoms with Crippen molar-refractivity contribution < 1.29 is 20.1 Å². The number of aromatic nitrogens is 4. The van der Waals surface area contributed by atoms with Gasteiger partial charge in [0, 0.05) is 18.6 Å². The van der Waals surface area contributed by atoms with Crippen LogP contribution >= 0.6 is 0 Å². The third-order valence-corrected chi connectivity index (χ3v) is 3.05. The molecular formula is C12H17N5O5. The van der Waals surface area contributed by atoms with Gasteiger partial charge in [-0.15, -0.1) is 0 Å². The molecule has 10 heteroatoms. The van der Waals surface area contributed by atoms with E-state index < -0.39 is 36.8 Å². The number of nitrogens with zero attached hydrogens (tertiary/aromatic N) is 3. The summed E-state index contributed by atoms with van der Waals surface area (Å²) in [6, 6.07) is 1.37. The number of aromatic amines is 1. The Kier molecular flexibility index (Phi) is 5.22. The molecule has 0 aliphatic carbocycles.